The zero-order valence-corrected chi connectivity index (χ0v) is 32.1. The number of nitrogens with zero attached hydrogens (tertiary/aromatic N) is 4. The van der Waals surface area contributed by atoms with Gasteiger partial charge in [-0.1, -0.05) is 138 Å². The molecule has 0 spiro atoms. The molecule has 11 aromatic rings. The fraction of sp³-hybridized carbons (Fsp3) is 0. The molecule has 0 radical (unpaired) electrons. The van der Waals surface area contributed by atoms with Gasteiger partial charge < -0.3 is 13.7 Å². The number of imidazole rings is 1. The van der Waals surface area contributed by atoms with Gasteiger partial charge in [-0.2, -0.15) is 6.07 Å². The maximum Gasteiger partial charge on any atom is 2.00 e. The van der Waals surface area contributed by atoms with E-state index in [1.165, 1.54) is 0 Å². The molecular weight excluding hydrogens is 868 g/mol. The third-order valence-corrected chi connectivity index (χ3v) is 10.4. The maximum absolute atomic E-state index is 6.64. The standard InChI is InChI=1S/C50H30N4O.Pt/c1-4-14-33(15-5-1)36-28-42(34-16-6-2-7-17-34)49-41-26-24-37(30-43(41)50-52-32-47(54(50)46(49)29-36)35-18-8-3-9-19-35)55-38-23-25-40-39-20-10-11-21-44(39)53(45(40)31-38)48-22-12-13-27-51-48;/h1-29,32H;/q-2;+2. The number of hydrogen-bond donors (Lipinski definition) is 0. The molecular formula is C50H30N4OPt. The average molecular weight is 898 g/mol. The minimum atomic E-state index is 0. The van der Waals surface area contributed by atoms with Crippen molar-refractivity contribution in [3.63, 3.8) is 0 Å². The van der Waals surface area contributed by atoms with Crippen LogP contribution in [0.1, 0.15) is 0 Å². The van der Waals surface area contributed by atoms with Crippen molar-refractivity contribution < 1.29 is 25.8 Å². The summed E-state index contributed by atoms with van der Waals surface area (Å²) < 4.78 is 11.1. The Morgan fingerprint density at radius 1 is 0.500 bits per heavy atom. The summed E-state index contributed by atoms with van der Waals surface area (Å²) in [5, 5.41) is 5.27. The molecule has 0 saturated heterocycles. The minimum absolute atomic E-state index is 0. The molecule has 0 aliphatic heterocycles. The van der Waals surface area contributed by atoms with Gasteiger partial charge in [-0.3, -0.25) is 4.98 Å². The summed E-state index contributed by atoms with van der Waals surface area (Å²) in [6, 6.07) is 66.1. The van der Waals surface area contributed by atoms with E-state index in [1.54, 1.807) is 0 Å². The first-order valence-electron chi connectivity index (χ1n) is 18.3. The summed E-state index contributed by atoms with van der Waals surface area (Å²) in [6.07, 6.45) is 3.79. The summed E-state index contributed by atoms with van der Waals surface area (Å²) in [5.41, 5.74) is 10.5. The first kappa shape index (κ1) is 33.7. The van der Waals surface area contributed by atoms with Crippen LogP contribution in [-0.4, -0.2) is 18.9 Å². The van der Waals surface area contributed by atoms with E-state index < -0.39 is 0 Å². The van der Waals surface area contributed by atoms with Crippen molar-refractivity contribution in [1.82, 2.24) is 18.9 Å². The maximum atomic E-state index is 6.64. The second kappa shape index (κ2) is 13.8. The molecule has 4 heterocycles. The van der Waals surface area contributed by atoms with Crippen LogP contribution < -0.4 is 4.74 Å². The molecule has 0 atom stereocenters. The molecule has 0 aliphatic rings. The Morgan fingerprint density at radius 3 is 1.91 bits per heavy atom. The van der Waals surface area contributed by atoms with Crippen molar-refractivity contribution in [3.05, 3.63) is 194 Å². The molecule has 56 heavy (non-hydrogen) atoms. The topological polar surface area (TPSA) is 44.3 Å². The van der Waals surface area contributed by atoms with E-state index in [0.29, 0.717) is 11.5 Å². The zero-order chi connectivity index (χ0) is 36.3. The quantitative estimate of drug-likeness (QED) is 0.123. The third kappa shape index (κ3) is 5.51. The van der Waals surface area contributed by atoms with Gasteiger partial charge >= 0.3 is 21.1 Å². The molecule has 7 aromatic carbocycles. The van der Waals surface area contributed by atoms with Gasteiger partial charge in [-0.15, -0.1) is 29.7 Å². The van der Waals surface area contributed by atoms with Crippen LogP contribution >= 0.6 is 0 Å². The molecule has 0 unspecified atom stereocenters. The second-order valence-electron chi connectivity index (χ2n) is 13.7. The Hall–Kier alpha value is -6.81. The number of aromatic nitrogens is 4. The van der Waals surface area contributed by atoms with Gasteiger partial charge in [0.25, 0.3) is 0 Å². The molecule has 0 bridgehead atoms. The Labute approximate surface area is 337 Å². The first-order valence-corrected chi connectivity index (χ1v) is 18.3. The van der Waals surface area contributed by atoms with Gasteiger partial charge in [0.1, 0.15) is 5.82 Å². The number of rotatable bonds is 6. The van der Waals surface area contributed by atoms with Crippen molar-refractivity contribution in [1.29, 1.82) is 0 Å². The first-order chi connectivity index (χ1) is 27.3. The number of benzene rings is 7. The molecule has 4 aromatic heterocycles. The van der Waals surface area contributed by atoms with Crippen molar-refractivity contribution in [2.45, 2.75) is 0 Å². The van der Waals surface area contributed by atoms with Crippen molar-refractivity contribution in [2.75, 3.05) is 0 Å². The van der Waals surface area contributed by atoms with Crippen molar-refractivity contribution in [2.24, 2.45) is 0 Å². The number of ether oxygens (including phenoxy) is 1. The molecule has 6 heteroatoms. The normalized spacial score (nSPS) is 11.4. The monoisotopic (exact) mass is 897 g/mol. The number of fused-ring (bicyclic) bond motifs is 9. The predicted molar refractivity (Wildman–Crippen MR) is 223 cm³/mol. The van der Waals surface area contributed by atoms with Crippen LogP contribution in [0.15, 0.2) is 182 Å². The summed E-state index contributed by atoms with van der Waals surface area (Å²) in [4.78, 5) is 9.78. The molecule has 0 N–H and O–H groups in total. The summed E-state index contributed by atoms with van der Waals surface area (Å²) >= 11 is 0. The van der Waals surface area contributed by atoms with Crippen LogP contribution in [0.25, 0.3) is 88.5 Å². The SMILES string of the molecule is [Pt+2].[c-]1c(Oc2[c-]c3c(cc2)c2ccccc2n3-c2ccccn2)ccc2c1c1ncc(-c3ccccc3)n1c1cc(-c3ccccc3)cc(-c3ccccc3)c21. The summed E-state index contributed by atoms with van der Waals surface area (Å²) in [5.74, 6) is 1.99. The molecule has 11 rings (SSSR count). The smallest absolute Gasteiger partial charge is 0.503 e. The van der Waals surface area contributed by atoms with Crippen LogP contribution in [-0.2, 0) is 21.1 Å². The van der Waals surface area contributed by atoms with Crippen LogP contribution in [0.3, 0.4) is 0 Å². The van der Waals surface area contributed by atoms with E-state index in [4.69, 9.17) is 9.72 Å². The molecule has 0 fully saturated rings. The van der Waals surface area contributed by atoms with Gasteiger partial charge in [-0.25, -0.2) is 4.98 Å². The zero-order valence-electron chi connectivity index (χ0n) is 29.8. The predicted octanol–water partition coefficient (Wildman–Crippen LogP) is 12.5. The Bertz CT molecular complexity index is 3210. The van der Waals surface area contributed by atoms with E-state index in [2.05, 4.69) is 160 Å². The van der Waals surface area contributed by atoms with Gasteiger partial charge in [-0.05, 0) is 68.9 Å². The molecule has 0 aliphatic carbocycles. The van der Waals surface area contributed by atoms with E-state index in [9.17, 15) is 0 Å². The van der Waals surface area contributed by atoms with E-state index in [1.807, 2.05) is 48.8 Å². The fourth-order valence-electron chi connectivity index (χ4n) is 8.01. The number of pyridine rings is 2. The average Bonchev–Trinajstić information content (AvgIpc) is 3.85. The third-order valence-electron chi connectivity index (χ3n) is 10.4. The molecule has 0 saturated carbocycles. The summed E-state index contributed by atoms with van der Waals surface area (Å²) in [7, 11) is 0. The number of para-hydroxylation sites is 1. The Morgan fingerprint density at radius 2 is 1.16 bits per heavy atom. The van der Waals surface area contributed by atoms with Crippen LogP contribution in [0.5, 0.6) is 11.5 Å². The van der Waals surface area contributed by atoms with Crippen molar-refractivity contribution in [3.8, 4) is 50.8 Å². The minimum Gasteiger partial charge on any atom is -0.503 e. The van der Waals surface area contributed by atoms with Gasteiger partial charge in [0.15, 0.2) is 0 Å². The second-order valence-corrected chi connectivity index (χ2v) is 13.7. The summed E-state index contributed by atoms with van der Waals surface area (Å²) in [6.45, 7) is 0. The van der Waals surface area contributed by atoms with Gasteiger partial charge in [0, 0.05) is 34.9 Å². The van der Waals surface area contributed by atoms with E-state index in [0.717, 1.165) is 88.5 Å². The van der Waals surface area contributed by atoms with E-state index in [-0.39, 0.29) is 21.1 Å². The molecule has 0 amide bonds. The Kier molecular flexibility index (Phi) is 8.31. The molecule has 5 nitrogen and oxygen atoms in total. The number of hydrogen-bond acceptors (Lipinski definition) is 3. The van der Waals surface area contributed by atoms with Crippen molar-refractivity contribution >= 4 is 49.1 Å². The van der Waals surface area contributed by atoms with Crippen LogP contribution in [0.4, 0.5) is 0 Å². The van der Waals surface area contributed by atoms with Crippen LogP contribution in [0, 0.1) is 12.1 Å². The Balaban J connectivity index is 0.00000384. The fourth-order valence-corrected chi connectivity index (χ4v) is 8.01. The van der Waals surface area contributed by atoms with Gasteiger partial charge in [0.2, 0.25) is 0 Å². The van der Waals surface area contributed by atoms with Crippen LogP contribution in [0.2, 0.25) is 0 Å². The van der Waals surface area contributed by atoms with Gasteiger partial charge in [0.05, 0.1) is 11.3 Å². The largest absolute Gasteiger partial charge is 2.00 e. The molecule has 266 valence electrons. The van der Waals surface area contributed by atoms with E-state index >= 15 is 0 Å².